The average Bonchev–Trinajstić information content (AvgIpc) is 3.01. The number of halogens is 5. The van der Waals surface area contributed by atoms with Crippen LogP contribution in [-0.4, -0.2) is 24.5 Å². The Balaban J connectivity index is 1.82. The van der Waals surface area contributed by atoms with Crippen LogP contribution in [0.4, 0.5) is 17.6 Å². The molecule has 10 heteroatoms. The Morgan fingerprint density at radius 3 is 2.68 bits per heavy atom. The van der Waals surface area contributed by atoms with E-state index in [2.05, 4.69) is 20.6 Å². The topological polar surface area (TPSA) is 49.3 Å². The fourth-order valence-corrected chi connectivity index (χ4v) is 2.94. The van der Waals surface area contributed by atoms with Crippen molar-refractivity contribution in [2.45, 2.75) is 19.1 Å². The van der Waals surface area contributed by atoms with E-state index in [1.54, 1.807) is 13.1 Å². The summed E-state index contributed by atoms with van der Waals surface area (Å²) >= 11 is 6.87. The first-order valence-corrected chi connectivity index (χ1v) is 8.45. The first kappa shape index (κ1) is 19.5. The van der Waals surface area contributed by atoms with Crippen molar-refractivity contribution in [3.8, 4) is 0 Å². The molecule has 0 aliphatic rings. The van der Waals surface area contributed by atoms with E-state index >= 15 is 0 Å². The van der Waals surface area contributed by atoms with Crippen LogP contribution in [0, 0.1) is 5.82 Å². The molecule has 0 aliphatic heterocycles. The van der Waals surface area contributed by atoms with Gasteiger partial charge in [0.1, 0.15) is 10.8 Å². The highest BCUT2D eigenvalue weighted by atomic mass is 35.5. The van der Waals surface area contributed by atoms with Crippen molar-refractivity contribution in [2.24, 2.45) is 4.99 Å². The highest BCUT2D eigenvalue weighted by molar-refractivity contribution is 7.09. The van der Waals surface area contributed by atoms with Gasteiger partial charge in [0.05, 0.1) is 6.54 Å². The number of rotatable bonds is 5. The molecule has 0 bridgehead atoms. The molecule has 0 amide bonds. The van der Waals surface area contributed by atoms with Crippen LogP contribution in [0.15, 0.2) is 28.6 Å². The van der Waals surface area contributed by atoms with Gasteiger partial charge in [-0.15, -0.1) is 11.3 Å². The van der Waals surface area contributed by atoms with Crippen LogP contribution < -0.4 is 10.6 Å². The third-order valence-electron chi connectivity index (χ3n) is 3.17. The number of aromatic nitrogens is 1. The van der Waals surface area contributed by atoms with Gasteiger partial charge >= 0.3 is 6.18 Å². The third-order valence-corrected chi connectivity index (χ3v) is 4.38. The SMILES string of the molecule is CN=C(NCCc1ccc(F)cc1Cl)NCc1nc(C(F)(F)F)cs1. The van der Waals surface area contributed by atoms with E-state index in [0.717, 1.165) is 22.3 Å². The smallest absolute Gasteiger partial charge is 0.356 e. The van der Waals surface area contributed by atoms with Crippen LogP contribution in [0.25, 0.3) is 0 Å². The summed E-state index contributed by atoms with van der Waals surface area (Å²) < 4.78 is 50.5. The molecule has 2 N–H and O–H groups in total. The predicted molar refractivity (Wildman–Crippen MR) is 90.4 cm³/mol. The van der Waals surface area contributed by atoms with E-state index in [1.165, 1.54) is 12.1 Å². The molecule has 0 radical (unpaired) electrons. The van der Waals surface area contributed by atoms with Crippen LogP contribution in [-0.2, 0) is 19.1 Å². The number of hydrogen-bond donors (Lipinski definition) is 2. The van der Waals surface area contributed by atoms with Crippen LogP contribution in [0.3, 0.4) is 0 Å². The molecule has 2 aromatic rings. The van der Waals surface area contributed by atoms with Gasteiger partial charge in [-0.2, -0.15) is 13.2 Å². The van der Waals surface area contributed by atoms with Gasteiger partial charge in [-0.25, -0.2) is 9.37 Å². The van der Waals surface area contributed by atoms with E-state index in [0.29, 0.717) is 29.0 Å². The van der Waals surface area contributed by atoms with Gasteiger partial charge in [0.25, 0.3) is 0 Å². The van der Waals surface area contributed by atoms with E-state index in [4.69, 9.17) is 11.6 Å². The molecule has 1 heterocycles. The Hall–Kier alpha value is -1.87. The van der Waals surface area contributed by atoms with E-state index in [1.807, 2.05) is 0 Å². The second-order valence-electron chi connectivity index (χ2n) is 4.96. The van der Waals surface area contributed by atoms with Gasteiger partial charge in [-0.1, -0.05) is 17.7 Å². The summed E-state index contributed by atoms with van der Waals surface area (Å²) in [5.74, 6) is 0.0165. The number of aliphatic imine (C=N–C) groups is 1. The fraction of sp³-hybridized carbons (Fsp3) is 0.333. The lowest BCUT2D eigenvalue weighted by Crippen LogP contribution is -2.37. The van der Waals surface area contributed by atoms with Crippen molar-refractivity contribution in [1.29, 1.82) is 0 Å². The highest BCUT2D eigenvalue weighted by Crippen LogP contribution is 2.29. The van der Waals surface area contributed by atoms with Crippen molar-refractivity contribution in [3.05, 3.63) is 50.7 Å². The second-order valence-corrected chi connectivity index (χ2v) is 6.31. The maximum absolute atomic E-state index is 13.0. The first-order valence-electron chi connectivity index (χ1n) is 7.19. The number of benzene rings is 1. The Labute approximate surface area is 150 Å². The molecule has 0 fully saturated rings. The number of alkyl halides is 3. The van der Waals surface area contributed by atoms with Crippen LogP contribution in [0.5, 0.6) is 0 Å². The minimum atomic E-state index is -4.44. The Morgan fingerprint density at radius 2 is 2.08 bits per heavy atom. The zero-order chi connectivity index (χ0) is 18.4. The van der Waals surface area contributed by atoms with Crippen molar-refractivity contribution in [1.82, 2.24) is 15.6 Å². The summed E-state index contributed by atoms with van der Waals surface area (Å²) in [5.41, 5.74) is -0.121. The standard InChI is InChI=1S/C15H15ClF4N4S/c1-21-14(22-5-4-9-2-3-10(17)6-11(9)16)23-7-13-24-12(8-25-13)15(18,19)20/h2-3,6,8H,4-5,7H2,1H3,(H2,21,22,23). The maximum Gasteiger partial charge on any atom is 0.434 e. The molecule has 25 heavy (non-hydrogen) atoms. The van der Waals surface area contributed by atoms with Gasteiger partial charge < -0.3 is 10.6 Å². The second kappa shape index (κ2) is 8.48. The minimum absolute atomic E-state index is 0.123. The Bertz CT molecular complexity index is 745. The summed E-state index contributed by atoms with van der Waals surface area (Å²) in [4.78, 5) is 7.51. The van der Waals surface area contributed by atoms with Crippen LogP contribution >= 0.6 is 22.9 Å². The van der Waals surface area contributed by atoms with Gasteiger partial charge in [0, 0.05) is 24.0 Å². The lowest BCUT2D eigenvalue weighted by molar-refractivity contribution is -0.140. The number of nitrogens with zero attached hydrogens (tertiary/aromatic N) is 2. The Kier molecular flexibility index (Phi) is 6.60. The molecule has 1 aromatic heterocycles. The van der Waals surface area contributed by atoms with Crippen molar-refractivity contribution >= 4 is 28.9 Å². The zero-order valence-electron chi connectivity index (χ0n) is 13.1. The predicted octanol–water partition coefficient (Wildman–Crippen LogP) is 3.86. The van der Waals surface area contributed by atoms with Crippen molar-refractivity contribution < 1.29 is 17.6 Å². The molecule has 2 rings (SSSR count). The van der Waals surface area contributed by atoms with Gasteiger partial charge in [-0.05, 0) is 24.1 Å². The highest BCUT2D eigenvalue weighted by Gasteiger charge is 2.33. The van der Waals surface area contributed by atoms with Crippen LogP contribution in [0.1, 0.15) is 16.3 Å². The van der Waals surface area contributed by atoms with E-state index < -0.39 is 17.7 Å². The molecule has 1 aromatic carbocycles. The molecule has 0 atom stereocenters. The average molecular weight is 395 g/mol. The molecule has 136 valence electrons. The number of guanidine groups is 1. The van der Waals surface area contributed by atoms with E-state index in [9.17, 15) is 17.6 Å². The normalized spacial score (nSPS) is 12.3. The van der Waals surface area contributed by atoms with Gasteiger partial charge in [0.2, 0.25) is 0 Å². The molecule has 0 saturated heterocycles. The van der Waals surface area contributed by atoms with Crippen molar-refractivity contribution in [2.75, 3.05) is 13.6 Å². The van der Waals surface area contributed by atoms with Gasteiger partial charge in [-0.3, -0.25) is 4.99 Å². The third kappa shape index (κ3) is 5.86. The molecule has 0 saturated carbocycles. The quantitative estimate of drug-likeness (QED) is 0.460. The number of thiazole rings is 1. The molecular weight excluding hydrogens is 380 g/mol. The summed E-state index contributed by atoms with van der Waals surface area (Å²) in [6.45, 7) is 0.592. The number of nitrogens with one attached hydrogen (secondary N) is 2. The summed E-state index contributed by atoms with van der Waals surface area (Å²) in [5, 5.41) is 7.51. The van der Waals surface area contributed by atoms with E-state index in [-0.39, 0.29) is 6.54 Å². The van der Waals surface area contributed by atoms with Crippen molar-refractivity contribution in [3.63, 3.8) is 0 Å². The summed E-state index contributed by atoms with van der Waals surface area (Å²) in [7, 11) is 1.54. The van der Waals surface area contributed by atoms with Crippen LogP contribution in [0.2, 0.25) is 5.02 Å². The fourth-order valence-electron chi connectivity index (χ4n) is 1.94. The molecular formula is C15H15ClF4N4S. The maximum atomic E-state index is 13.0. The Morgan fingerprint density at radius 1 is 1.32 bits per heavy atom. The number of hydrogen-bond acceptors (Lipinski definition) is 3. The summed E-state index contributed by atoms with van der Waals surface area (Å²) in [6.07, 6.45) is -3.90. The lowest BCUT2D eigenvalue weighted by Gasteiger charge is -2.11. The molecule has 0 spiro atoms. The zero-order valence-corrected chi connectivity index (χ0v) is 14.7. The van der Waals surface area contributed by atoms with Gasteiger partial charge in [0.15, 0.2) is 11.7 Å². The lowest BCUT2D eigenvalue weighted by atomic mass is 10.1. The largest absolute Gasteiger partial charge is 0.434 e. The monoisotopic (exact) mass is 394 g/mol. The minimum Gasteiger partial charge on any atom is -0.356 e. The molecule has 4 nitrogen and oxygen atoms in total. The molecule has 0 unspecified atom stereocenters. The summed E-state index contributed by atoms with van der Waals surface area (Å²) in [6, 6.07) is 4.17. The first-order chi connectivity index (χ1) is 11.8. The molecule has 0 aliphatic carbocycles.